The normalized spacial score (nSPS) is 20.8. The third-order valence-electron chi connectivity index (χ3n) is 5.44. The molecule has 3 rings (SSSR count). The lowest BCUT2D eigenvalue weighted by Gasteiger charge is -2.42. The number of rotatable bonds is 5. The number of hydrogen-bond donors (Lipinski definition) is 2. The number of para-hydroxylation sites is 1. The number of carbonyl (C=O) groups excluding carboxylic acids is 1. The van der Waals surface area contributed by atoms with E-state index >= 15 is 0 Å². The summed E-state index contributed by atoms with van der Waals surface area (Å²) in [5.74, 6) is -0.808. The van der Waals surface area contributed by atoms with Gasteiger partial charge in [-0.1, -0.05) is 24.6 Å². The molecular formula is C17H25N3O4S. The molecule has 138 valence electrons. The lowest BCUT2D eigenvalue weighted by Crippen LogP contribution is -2.55. The monoisotopic (exact) mass is 367 g/mol. The molecule has 1 aliphatic carbocycles. The highest BCUT2D eigenvalue weighted by atomic mass is 32.2. The van der Waals surface area contributed by atoms with E-state index in [4.69, 9.17) is 5.21 Å². The Labute approximate surface area is 148 Å². The van der Waals surface area contributed by atoms with Crippen molar-refractivity contribution in [2.75, 3.05) is 36.8 Å². The first-order valence-corrected chi connectivity index (χ1v) is 10.2. The van der Waals surface area contributed by atoms with E-state index in [1.807, 2.05) is 25.1 Å². The van der Waals surface area contributed by atoms with Crippen LogP contribution in [0, 0.1) is 12.3 Å². The van der Waals surface area contributed by atoms with Crippen LogP contribution in [-0.4, -0.2) is 55.8 Å². The summed E-state index contributed by atoms with van der Waals surface area (Å²) in [4.78, 5) is 14.1. The van der Waals surface area contributed by atoms with E-state index in [2.05, 4.69) is 11.0 Å². The van der Waals surface area contributed by atoms with Crippen LogP contribution in [0.1, 0.15) is 24.8 Å². The van der Waals surface area contributed by atoms with Gasteiger partial charge in [0, 0.05) is 31.9 Å². The van der Waals surface area contributed by atoms with E-state index in [-0.39, 0.29) is 5.75 Å². The van der Waals surface area contributed by atoms with Crippen LogP contribution < -0.4 is 10.4 Å². The Morgan fingerprint density at radius 3 is 2.36 bits per heavy atom. The van der Waals surface area contributed by atoms with Crippen molar-refractivity contribution in [3.05, 3.63) is 29.8 Å². The van der Waals surface area contributed by atoms with Crippen LogP contribution in [0.4, 0.5) is 5.69 Å². The van der Waals surface area contributed by atoms with Gasteiger partial charge in [-0.2, -0.15) is 4.31 Å². The van der Waals surface area contributed by atoms with Crippen LogP contribution in [0.5, 0.6) is 0 Å². The molecule has 1 heterocycles. The first kappa shape index (κ1) is 18.2. The number of nitrogens with one attached hydrogen (secondary N) is 1. The molecule has 0 radical (unpaired) electrons. The Morgan fingerprint density at radius 1 is 1.20 bits per heavy atom. The molecule has 7 nitrogen and oxygen atoms in total. The van der Waals surface area contributed by atoms with Crippen molar-refractivity contribution in [2.24, 2.45) is 5.41 Å². The molecule has 0 aromatic heterocycles. The average Bonchev–Trinajstić information content (AvgIpc) is 2.58. The molecule has 2 N–H and O–H groups in total. The first-order chi connectivity index (χ1) is 11.9. The maximum atomic E-state index is 12.8. The fourth-order valence-electron chi connectivity index (χ4n) is 3.72. The summed E-state index contributed by atoms with van der Waals surface area (Å²) in [6.07, 6.45) is 1.81. The van der Waals surface area contributed by atoms with Gasteiger partial charge in [-0.3, -0.25) is 10.0 Å². The van der Waals surface area contributed by atoms with Gasteiger partial charge in [0.1, 0.15) is 0 Å². The van der Waals surface area contributed by atoms with E-state index in [0.717, 1.165) is 12.1 Å². The standard InChI is InChI=1S/C17H25N3O4S/c1-14-5-2-3-6-15(14)19-9-11-20(12-10-19)25(23,24)13-17(7-4-8-17)16(21)18-22/h2-3,5-6,22H,4,7-13H2,1H3,(H,18,21). The number of hydrogen-bond acceptors (Lipinski definition) is 5. The van der Waals surface area contributed by atoms with E-state index in [1.165, 1.54) is 9.87 Å². The molecule has 1 saturated heterocycles. The van der Waals surface area contributed by atoms with Crippen LogP contribution in [0.25, 0.3) is 0 Å². The van der Waals surface area contributed by atoms with Gasteiger partial charge >= 0.3 is 0 Å². The molecule has 8 heteroatoms. The molecule has 2 aliphatic rings. The number of hydroxylamine groups is 1. The minimum Gasteiger partial charge on any atom is -0.369 e. The molecule has 25 heavy (non-hydrogen) atoms. The van der Waals surface area contributed by atoms with Crippen molar-refractivity contribution in [2.45, 2.75) is 26.2 Å². The largest absolute Gasteiger partial charge is 0.369 e. The summed E-state index contributed by atoms with van der Waals surface area (Å²) in [7, 11) is -3.54. The van der Waals surface area contributed by atoms with Gasteiger partial charge in [-0.05, 0) is 31.4 Å². The van der Waals surface area contributed by atoms with Gasteiger partial charge in [-0.25, -0.2) is 13.9 Å². The number of aryl methyl sites for hydroxylation is 1. The third kappa shape index (κ3) is 3.51. The quantitative estimate of drug-likeness (QED) is 0.601. The molecule has 0 bridgehead atoms. The molecule has 1 aromatic rings. The highest BCUT2D eigenvalue weighted by Crippen LogP contribution is 2.42. The van der Waals surface area contributed by atoms with E-state index in [1.54, 1.807) is 5.48 Å². The maximum absolute atomic E-state index is 12.8. The number of amides is 1. The van der Waals surface area contributed by atoms with Crippen LogP contribution in [0.15, 0.2) is 24.3 Å². The summed E-state index contributed by atoms with van der Waals surface area (Å²) in [5.41, 5.74) is 2.97. The predicted molar refractivity (Wildman–Crippen MR) is 95.0 cm³/mol. The minimum absolute atomic E-state index is 0.225. The zero-order valence-electron chi connectivity index (χ0n) is 14.4. The number of nitrogens with zero attached hydrogens (tertiary/aromatic N) is 2. The highest BCUT2D eigenvalue weighted by molar-refractivity contribution is 7.89. The van der Waals surface area contributed by atoms with E-state index < -0.39 is 21.3 Å². The van der Waals surface area contributed by atoms with Crippen LogP contribution in [0.3, 0.4) is 0 Å². The van der Waals surface area contributed by atoms with E-state index in [9.17, 15) is 13.2 Å². The molecular weight excluding hydrogens is 342 g/mol. The van der Waals surface area contributed by atoms with Crippen molar-refractivity contribution in [3.8, 4) is 0 Å². The maximum Gasteiger partial charge on any atom is 0.250 e. The lowest BCUT2D eigenvalue weighted by molar-refractivity contribution is -0.143. The summed E-state index contributed by atoms with van der Waals surface area (Å²) < 4.78 is 27.0. The topological polar surface area (TPSA) is 90.0 Å². The molecule has 0 spiro atoms. The van der Waals surface area contributed by atoms with Crippen molar-refractivity contribution >= 4 is 21.6 Å². The zero-order valence-corrected chi connectivity index (χ0v) is 15.3. The molecule has 2 fully saturated rings. The molecule has 1 aromatic carbocycles. The fourth-order valence-corrected chi connectivity index (χ4v) is 5.75. The molecule has 1 aliphatic heterocycles. The average molecular weight is 367 g/mol. The second kappa shape index (κ2) is 6.93. The first-order valence-electron chi connectivity index (χ1n) is 8.61. The van der Waals surface area contributed by atoms with E-state index in [0.29, 0.717) is 39.0 Å². The number of benzene rings is 1. The zero-order chi connectivity index (χ0) is 18.1. The van der Waals surface area contributed by atoms with Gasteiger partial charge < -0.3 is 4.90 Å². The van der Waals surface area contributed by atoms with Gasteiger partial charge in [0.25, 0.3) is 5.91 Å². The molecule has 1 saturated carbocycles. The summed E-state index contributed by atoms with van der Waals surface area (Å²) in [6.45, 7) is 4.12. The Morgan fingerprint density at radius 2 is 1.84 bits per heavy atom. The Balaban J connectivity index is 1.66. The SMILES string of the molecule is Cc1ccccc1N1CCN(S(=O)(=O)CC2(C(=O)NO)CCC2)CC1. The van der Waals surface area contributed by atoms with Gasteiger partial charge in [0.2, 0.25) is 10.0 Å². The number of anilines is 1. The second-order valence-electron chi connectivity index (χ2n) is 7.00. The Kier molecular flexibility index (Phi) is 5.04. The molecule has 1 amide bonds. The third-order valence-corrected chi connectivity index (χ3v) is 7.51. The van der Waals surface area contributed by atoms with Gasteiger partial charge in [0.15, 0.2) is 0 Å². The van der Waals surface area contributed by atoms with Crippen molar-refractivity contribution in [1.29, 1.82) is 0 Å². The van der Waals surface area contributed by atoms with Gasteiger partial charge in [0.05, 0.1) is 11.2 Å². The van der Waals surface area contributed by atoms with Gasteiger partial charge in [-0.15, -0.1) is 0 Å². The predicted octanol–water partition coefficient (Wildman–Crippen LogP) is 1.12. The van der Waals surface area contributed by atoms with Crippen molar-refractivity contribution in [3.63, 3.8) is 0 Å². The summed E-state index contributed by atoms with van der Waals surface area (Å²) in [5, 5.41) is 8.91. The number of piperazine rings is 1. The Bertz CT molecular complexity index is 738. The summed E-state index contributed by atoms with van der Waals surface area (Å²) >= 11 is 0. The molecule has 0 unspecified atom stereocenters. The van der Waals surface area contributed by atoms with Crippen molar-refractivity contribution in [1.82, 2.24) is 9.79 Å². The second-order valence-corrected chi connectivity index (χ2v) is 8.97. The number of sulfonamides is 1. The fraction of sp³-hybridized carbons (Fsp3) is 0.588. The minimum atomic E-state index is -3.54. The van der Waals surface area contributed by atoms with Crippen LogP contribution in [0.2, 0.25) is 0 Å². The van der Waals surface area contributed by atoms with Crippen LogP contribution in [-0.2, 0) is 14.8 Å². The summed E-state index contributed by atoms with van der Waals surface area (Å²) in [6, 6.07) is 8.07. The highest BCUT2D eigenvalue weighted by Gasteiger charge is 2.48. The number of carbonyl (C=O) groups is 1. The van der Waals surface area contributed by atoms with Crippen molar-refractivity contribution < 1.29 is 18.4 Å². The smallest absolute Gasteiger partial charge is 0.250 e. The molecule has 0 atom stereocenters. The Hall–Kier alpha value is -1.64. The lowest BCUT2D eigenvalue weighted by atomic mass is 9.70. The van der Waals surface area contributed by atoms with Crippen LogP contribution >= 0.6 is 0 Å².